The molecule has 0 saturated carbocycles. The highest BCUT2D eigenvalue weighted by Crippen LogP contribution is 2.37. The monoisotopic (exact) mass is 297 g/mol. The van der Waals surface area contributed by atoms with Crippen molar-refractivity contribution in [2.45, 2.75) is 32.4 Å². The summed E-state index contributed by atoms with van der Waals surface area (Å²) in [5.74, 6) is -0.178. The van der Waals surface area contributed by atoms with Crippen LogP contribution in [0.3, 0.4) is 0 Å². The van der Waals surface area contributed by atoms with Gasteiger partial charge in [0.2, 0.25) is 0 Å². The number of allylic oxidation sites excluding steroid dienone is 2. The van der Waals surface area contributed by atoms with Gasteiger partial charge in [-0.1, -0.05) is 25.5 Å². The highest BCUT2D eigenvalue weighted by atomic mass is 19.4. The van der Waals surface area contributed by atoms with Crippen LogP contribution < -0.4 is 5.32 Å². The number of benzene rings is 1. The summed E-state index contributed by atoms with van der Waals surface area (Å²) in [6, 6.07) is 4.98. The number of Topliss-reactive ketones (excluding diaryl/α,β-unsaturated/α-hetero) is 1. The maximum absolute atomic E-state index is 12.8. The van der Waals surface area contributed by atoms with Crippen LogP contribution in [0.4, 0.5) is 13.2 Å². The Kier molecular flexibility index (Phi) is 4.40. The summed E-state index contributed by atoms with van der Waals surface area (Å²) in [4.78, 5) is 12.4. The van der Waals surface area contributed by atoms with Gasteiger partial charge in [-0.2, -0.15) is 13.2 Å². The van der Waals surface area contributed by atoms with E-state index in [1.165, 1.54) is 6.07 Å². The number of hydrogen-bond donors (Lipinski definition) is 1. The first kappa shape index (κ1) is 15.6. The molecule has 0 spiro atoms. The van der Waals surface area contributed by atoms with E-state index in [1.54, 1.807) is 13.1 Å². The normalized spacial score (nSPS) is 19.3. The second-order valence-electron chi connectivity index (χ2n) is 5.24. The molecular formula is C16H18F3NO. The van der Waals surface area contributed by atoms with Crippen molar-refractivity contribution in [1.29, 1.82) is 0 Å². The minimum Gasteiger partial charge on any atom is -0.391 e. The molecule has 2 nitrogen and oxygen atoms in total. The van der Waals surface area contributed by atoms with E-state index in [0.29, 0.717) is 17.6 Å². The molecule has 0 aliphatic heterocycles. The molecule has 1 aliphatic carbocycles. The lowest BCUT2D eigenvalue weighted by Crippen LogP contribution is -2.10. The van der Waals surface area contributed by atoms with Gasteiger partial charge in [-0.05, 0) is 30.5 Å². The van der Waals surface area contributed by atoms with Crippen LogP contribution in [0, 0.1) is 5.92 Å². The topological polar surface area (TPSA) is 29.1 Å². The van der Waals surface area contributed by atoms with E-state index in [0.717, 1.165) is 30.7 Å². The summed E-state index contributed by atoms with van der Waals surface area (Å²) < 4.78 is 38.4. The fourth-order valence-electron chi connectivity index (χ4n) is 2.77. The number of alkyl halides is 3. The van der Waals surface area contributed by atoms with Crippen molar-refractivity contribution < 1.29 is 18.0 Å². The first-order chi connectivity index (χ1) is 9.88. The second kappa shape index (κ2) is 5.92. The second-order valence-corrected chi connectivity index (χ2v) is 5.24. The molecule has 1 aromatic carbocycles. The largest absolute Gasteiger partial charge is 0.416 e. The third-order valence-electron chi connectivity index (χ3n) is 3.79. The molecule has 0 aromatic heterocycles. The molecule has 0 amide bonds. The summed E-state index contributed by atoms with van der Waals surface area (Å²) in [6.45, 7) is 1.99. The van der Waals surface area contributed by atoms with Gasteiger partial charge in [-0.25, -0.2) is 0 Å². The van der Waals surface area contributed by atoms with Crippen LogP contribution in [0.5, 0.6) is 0 Å². The number of halogens is 3. The Morgan fingerprint density at radius 3 is 2.62 bits per heavy atom. The van der Waals surface area contributed by atoms with Crippen molar-refractivity contribution in [1.82, 2.24) is 5.32 Å². The average molecular weight is 297 g/mol. The Hall–Kier alpha value is -1.78. The third kappa shape index (κ3) is 3.12. The van der Waals surface area contributed by atoms with Gasteiger partial charge in [-0.3, -0.25) is 4.79 Å². The quantitative estimate of drug-likeness (QED) is 0.909. The minimum absolute atomic E-state index is 0.0551. The van der Waals surface area contributed by atoms with Crippen molar-refractivity contribution in [3.8, 4) is 0 Å². The van der Waals surface area contributed by atoms with E-state index in [1.807, 2.05) is 6.92 Å². The zero-order chi connectivity index (χ0) is 15.6. The van der Waals surface area contributed by atoms with Gasteiger partial charge in [0.1, 0.15) is 0 Å². The van der Waals surface area contributed by atoms with Gasteiger partial charge in [0.15, 0.2) is 5.78 Å². The fourth-order valence-corrected chi connectivity index (χ4v) is 2.77. The van der Waals surface area contributed by atoms with E-state index in [2.05, 4.69) is 5.32 Å². The standard InChI is InChI=1S/C16H18F3NO/c1-3-5-11-9-13(20-2)14(15(11)21)10-6-4-7-12(8-10)16(17,18)19/h4,6-8,11,20H,3,5,9H2,1-2H3. The molecule has 114 valence electrons. The molecule has 1 aliphatic rings. The number of carbonyl (C=O) groups is 1. The summed E-state index contributed by atoms with van der Waals surface area (Å²) in [5.41, 5.74) is 0.757. The van der Waals surface area contributed by atoms with Gasteiger partial charge >= 0.3 is 6.18 Å². The van der Waals surface area contributed by atoms with Gasteiger partial charge in [0.05, 0.1) is 5.56 Å². The summed E-state index contributed by atoms with van der Waals surface area (Å²) in [7, 11) is 1.70. The molecule has 5 heteroatoms. The Morgan fingerprint density at radius 2 is 2.05 bits per heavy atom. The molecule has 1 unspecified atom stereocenters. The molecular weight excluding hydrogens is 279 g/mol. The molecule has 0 heterocycles. The predicted molar refractivity (Wildman–Crippen MR) is 75.4 cm³/mol. The smallest absolute Gasteiger partial charge is 0.391 e. The van der Waals surface area contributed by atoms with Gasteiger partial charge in [0.25, 0.3) is 0 Å². The molecule has 0 bridgehead atoms. The van der Waals surface area contributed by atoms with Crippen LogP contribution in [0.15, 0.2) is 30.0 Å². The lowest BCUT2D eigenvalue weighted by atomic mass is 9.95. The maximum atomic E-state index is 12.8. The van der Waals surface area contributed by atoms with E-state index in [-0.39, 0.29) is 11.7 Å². The molecule has 0 fully saturated rings. The first-order valence-corrected chi connectivity index (χ1v) is 7.01. The highest BCUT2D eigenvalue weighted by molar-refractivity contribution is 6.24. The molecule has 1 N–H and O–H groups in total. The van der Waals surface area contributed by atoms with Crippen LogP contribution >= 0.6 is 0 Å². The maximum Gasteiger partial charge on any atom is 0.416 e. The van der Waals surface area contributed by atoms with Gasteiger partial charge in [-0.15, -0.1) is 0 Å². The van der Waals surface area contributed by atoms with Crippen LogP contribution in [0.25, 0.3) is 5.57 Å². The van der Waals surface area contributed by atoms with Gasteiger partial charge < -0.3 is 5.32 Å². The number of hydrogen-bond acceptors (Lipinski definition) is 2. The molecule has 21 heavy (non-hydrogen) atoms. The van der Waals surface area contributed by atoms with Crippen molar-refractivity contribution >= 4 is 11.4 Å². The number of nitrogens with one attached hydrogen (secondary N) is 1. The molecule has 1 aromatic rings. The van der Waals surface area contributed by atoms with E-state index in [4.69, 9.17) is 0 Å². The predicted octanol–water partition coefficient (Wildman–Crippen LogP) is 4.03. The van der Waals surface area contributed by atoms with E-state index in [9.17, 15) is 18.0 Å². The fraction of sp³-hybridized carbons (Fsp3) is 0.438. The number of carbonyl (C=O) groups excluding carboxylic acids is 1. The number of rotatable bonds is 4. The van der Waals surface area contributed by atoms with Crippen molar-refractivity contribution in [3.63, 3.8) is 0 Å². The Balaban J connectivity index is 2.42. The SMILES string of the molecule is CCCC1CC(NC)=C(c2cccc(C(F)(F)F)c2)C1=O. The van der Waals surface area contributed by atoms with Crippen molar-refractivity contribution in [2.24, 2.45) is 5.92 Å². The zero-order valence-corrected chi connectivity index (χ0v) is 12.1. The van der Waals surface area contributed by atoms with Crippen molar-refractivity contribution in [3.05, 3.63) is 41.1 Å². The third-order valence-corrected chi connectivity index (χ3v) is 3.79. The lowest BCUT2D eigenvalue weighted by Gasteiger charge is -2.11. The van der Waals surface area contributed by atoms with Crippen LogP contribution in [0.1, 0.15) is 37.3 Å². The summed E-state index contributed by atoms with van der Waals surface area (Å²) in [6.07, 6.45) is -2.19. The average Bonchev–Trinajstić information content (AvgIpc) is 2.75. The van der Waals surface area contributed by atoms with Crippen molar-refractivity contribution in [2.75, 3.05) is 7.05 Å². The number of ketones is 1. The van der Waals surface area contributed by atoms with Crippen LogP contribution in [0.2, 0.25) is 0 Å². The summed E-state index contributed by atoms with van der Waals surface area (Å²) >= 11 is 0. The molecule has 1 atom stereocenters. The van der Waals surface area contributed by atoms with Crippen LogP contribution in [-0.4, -0.2) is 12.8 Å². The molecule has 0 radical (unpaired) electrons. The molecule has 0 saturated heterocycles. The lowest BCUT2D eigenvalue weighted by molar-refractivity contribution is -0.137. The highest BCUT2D eigenvalue weighted by Gasteiger charge is 2.35. The Morgan fingerprint density at radius 1 is 1.33 bits per heavy atom. The Labute approximate surface area is 122 Å². The Bertz CT molecular complexity index is 575. The summed E-state index contributed by atoms with van der Waals surface area (Å²) in [5, 5.41) is 2.97. The first-order valence-electron chi connectivity index (χ1n) is 7.01. The van der Waals surface area contributed by atoms with E-state index >= 15 is 0 Å². The minimum atomic E-state index is -4.40. The van der Waals surface area contributed by atoms with Gasteiger partial charge in [0, 0.05) is 24.2 Å². The van der Waals surface area contributed by atoms with Crippen LogP contribution in [-0.2, 0) is 11.0 Å². The zero-order valence-electron chi connectivity index (χ0n) is 12.1. The van der Waals surface area contributed by atoms with E-state index < -0.39 is 11.7 Å². The molecule has 2 rings (SSSR count).